The predicted octanol–water partition coefficient (Wildman–Crippen LogP) is 1.97. The molecule has 72 valence electrons. The van der Waals surface area contributed by atoms with Crippen molar-refractivity contribution in [3.8, 4) is 0 Å². The molecule has 0 spiro atoms. The molecule has 2 rings (SSSR count). The molecule has 0 bridgehead atoms. The second kappa shape index (κ2) is 3.52. The van der Waals surface area contributed by atoms with Gasteiger partial charge in [0.05, 0.1) is 0 Å². The number of likely N-dealkylation sites (tertiary alicyclic amines) is 1. The maximum atomic E-state index is 11.3. The minimum atomic E-state index is 0.233. The summed E-state index contributed by atoms with van der Waals surface area (Å²) in [6, 6.07) is 0. The summed E-state index contributed by atoms with van der Waals surface area (Å²) in [7, 11) is 0. The normalized spacial score (nSPS) is 29.3. The van der Waals surface area contributed by atoms with Gasteiger partial charge in [0, 0.05) is 30.8 Å². The molecule has 1 heterocycles. The van der Waals surface area contributed by atoms with Crippen LogP contribution in [0.1, 0.15) is 32.6 Å². The number of hydrogen-bond donors (Lipinski definition) is 0. The van der Waals surface area contributed by atoms with E-state index in [4.69, 9.17) is 0 Å². The van der Waals surface area contributed by atoms with Crippen LogP contribution in [0.15, 0.2) is 11.8 Å². The van der Waals surface area contributed by atoms with Gasteiger partial charge in [-0.05, 0) is 25.7 Å². The van der Waals surface area contributed by atoms with Crippen LogP contribution in [0.4, 0.5) is 0 Å². The molecule has 0 aromatic carbocycles. The van der Waals surface area contributed by atoms with E-state index < -0.39 is 0 Å². The van der Waals surface area contributed by atoms with E-state index >= 15 is 0 Å². The van der Waals surface area contributed by atoms with Gasteiger partial charge in [0.15, 0.2) is 5.78 Å². The molecule has 1 fully saturated rings. The number of carbonyl (C=O) groups excluding carboxylic acids is 1. The summed E-state index contributed by atoms with van der Waals surface area (Å²) in [5.74, 6) is 0.553. The first-order chi connectivity index (χ1) is 6.27. The van der Waals surface area contributed by atoms with E-state index in [2.05, 4.69) is 4.90 Å². The van der Waals surface area contributed by atoms with Crippen molar-refractivity contribution in [1.82, 2.24) is 4.90 Å². The number of piperidine rings is 1. The van der Waals surface area contributed by atoms with Crippen LogP contribution in [0.3, 0.4) is 0 Å². The summed E-state index contributed by atoms with van der Waals surface area (Å²) in [5, 5.41) is 0. The zero-order chi connectivity index (χ0) is 9.26. The average Bonchev–Trinajstić information content (AvgIpc) is 2.49. The minimum absolute atomic E-state index is 0.233. The largest absolute Gasteiger partial charge is 0.375 e. The van der Waals surface area contributed by atoms with E-state index in [1.54, 1.807) is 0 Å². The Hall–Kier alpha value is -0.790. The molecule has 0 aromatic rings. The summed E-state index contributed by atoms with van der Waals surface area (Å²) >= 11 is 0. The molecule has 0 amide bonds. The highest BCUT2D eigenvalue weighted by Gasteiger charge is 2.25. The van der Waals surface area contributed by atoms with Gasteiger partial charge in [-0.2, -0.15) is 0 Å². The van der Waals surface area contributed by atoms with Crippen LogP contribution in [0, 0.1) is 5.92 Å². The highest BCUT2D eigenvalue weighted by atomic mass is 16.1. The van der Waals surface area contributed by atoms with E-state index in [0.29, 0.717) is 5.78 Å². The van der Waals surface area contributed by atoms with Gasteiger partial charge in [-0.1, -0.05) is 6.92 Å². The van der Waals surface area contributed by atoms with Gasteiger partial charge < -0.3 is 4.90 Å². The molecule has 1 aliphatic heterocycles. The van der Waals surface area contributed by atoms with Crippen LogP contribution in [-0.2, 0) is 4.79 Å². The summed E-state index contributed by atoms with van der Waals surface area (Å²) < 4.78 is 0. The van der Waals surface area contributed by atoms with Crippen molar-refractivity contribution in [2.24, 2.45) is 5.92 Å². The second-order valence-corrected chi connectivity index (χ2v) is 4.19. The molecule has 2 heteroatoms. The lowest BCUT2D eigenvalue weighted by molar-refractivity contribution is -0.116. The van der Waals surface area contributed by atoms with Crippen molar-refractivity contribution in [3.05, 3.63) is 11.8 Å². The number of allylic oxidation sites excluding steroid dienone is 2. The highest BCUT2D eigenvalue weighted by molar-refractivity contribution is 5.94. The third-order valence-electron chi connectivity index (χ3n) is 3.07. The zero-order valence-electron chi connectivity index (χ0n) is 8.25. The molecular weight excluding hydrogens is 162 g/mol. The van der Waals surface area contributed by atoms with Gasteiger partial charge in [0.2, 0.25) is 0 Å². The Morgan fingerprint density at radius 3 is 2.54 bits per heavy atom. The summed E-state index contributed by atoms with van der Waals surface area (Å²) in [6.07, 6.45) is 6.77. The second-order valence-electron chi connectivity index (χ2n) is 4.19. The number of carbonyl (C=O) groups is 1. The van der Waals surface area contributed by atoms with Gasteiger partial charge in [0.25, 0.3) is 0 Å². The first-order valence-corrected chi connectivity index (χ1v) is 5.27. The van der Waals surface area contributed by atoms with Gasteiger partial charge in [0.1, 0.15) is 0 Å². The molecule has 1 atom stereocenters. The Morgan fingerprint density at radius 2 is 2.00 bits per heavy atom. The molecule has 0 saturated carbocycles. The summed E-state index contributed by atoms with van der Waals surface area (Å²) in [6.45, 7) is 4.34. The van der Waals surface area contributed by atoms with Crippen LogP contribution < -0.4 is 0 Å². The SMILES string of the molecule is CC1CC(N2CCCCC2)=CC1=O. The monoisotopic (exact) mass is 179 g/mol. The first-order valence-electron chi connectivity index (χ1n) is 5.27. The van der Waals surface area contributed by atoms with E-state index in [1.165, 1.54) is 25.0 Å². The smallest absolute Gasteiger partial charge is 0.160 e. The van der Waals surface area contributed by atoms with Gasteiger partial charge in [-0.3, -0.25) is 4.79 Å². The fraction of sp³-hybridized carbons (Fsp3) is 0.727. The number of ketones is 1. The molecule has 1 saturated heterocycles. The van der Waals surface area contributed by atoms with E-state index in [0.717, 1.165) is 19.5 Å². The molecular formula is C11H17NO. The van der Waals surface area contributed by atoms with E-state index in [-0.39, 0.29) is 5.92 Å². The standard InChI is InChI=1S/C11H17NO/c1-9-7-10(8-11(9)13)12-5-3-2-4-6-12/h8-9H,2-7H2,1H3. The van der Waals surface area contributed by atoms with Crippen molar-refractivity contribution in [3.63, 3.8) is 0 Å². The fourth-order valence-electron chi connectivity index (χ4n) is 2.18. The minimum Gasteiger partial charge on any atom is -0.375 e. The summed E-state index contributed by atoms with van der Waals surface area (Å²) in [4.78, 5) is 13.7. The molecule has 1 aliphatic carbocycles. The Kier molecular flexibility index (Phi) is 2.38. The van der Waals surface area contributed by atoms with Crippen LogP contribution in [0.5, 0.6) is 0 Å². The lowest BCUT2D eigenvalue weighted by Crippen LogP contribution is -2.28. The third-order valence-corrected chi connectivity index (χ3v) is 3.07. The maximum absolute atomic E-state index is 11.3. The number of nitrogens with zero attached hydrogens (tertiary/aromatic N) is 1. The maximum Gasteiger partial charge on any atom is 0.160 e. The van der Waals surface area contributed by atoms with Crippen LogP contribution in [0.25, 0.3) is 0 Å². The number of hydrogen-bond acceptors (Lipinski definition) is 2. The highest BCUT2D eigenvalue weighted by Crippen LogP contribution is 2.26. The molecule has 1 unspecified atom stereocenters. The molecule has 0 radical (unpaired) electrons. The zero-order valence-corrected chi connectivity index (χ0v) is 8.25. The van der Waals surface area contributed by atoms with Crippen LogP contribution >= 0.6 is 0 Å². The lowest BCUT2D eigenvalue weighted by atomic mass is 10.1. The number of rotatable bonds is 1. The molecule has 0 N–H and O–H groups in total. The Labute approximate surface area is 79.6 Å². The topological polar surface area (TPSA) is 20.3 Å². The van der Waals surface area contributed by atoms with E-state index in [9.17, 15) is 4.79 Å². The van der Waals surface area contributed by atoms with Crippen molar-refractivity contribution in [1.29, 1.82) is 0 Å². The van der Waals surface area contributed by atoms with Crippen molar-refractivity contribution in [2.75, 3.05) is 13.1 Å². The van der Waals surface area contributed by atoms with Crippen LogP contribution in [0.2, 0.25) is 0 Å². The molecule has 0 aromatic heterocycles. The molecule has 13 heavy (non-hydrogen) atoms. The van der Waals surface area contributed by atoms with Crippen molar-refractivity contribution in [2.45, 2.75) is 32.6 Å². The lowest BCUT2D eigenvalue weighted by Gasteiger charge is -2.29. The Bertz CT molecular complexity index is 238. The van der Waals surface area contributed by atoms with Crippen molar-refractivity contribution < 1.29 is 4.79 Å². The quantitative estimate of drug-likeness (QED) is 0.613. The van der Waals surface area contributed by atoms with E-state index in [1.807, 2.05) is 13.0 Å². The Balaban J connectivity index is 2.01. The van der Waals surface area contributed by atoms with Gasteiger partial charge in [-0.15, -0.1) is 0 Å². The summed E-state index contributed by atoms with van der Waals surface area (Å²) in [5.41, 5.74) is 1.29. The third kappa shape index (κ3) is 1.77. The molecule has 2 nitrogen and oxygen atoms in total. The first kappa shape index (κ1) is 8.79. The van der Waals surface area contributed by atoms with Gasteiger partial charge >= 0.3 is 0 Å². The van der Waals surface area contributed by atoms with Crippen molar-refractivity contribution >= 4 is 5.78 Å². The van der Waals surface area contributed by atoms with Gasteiger partial charge in [-0.25, -0.2) is 0 Å². The Morgan fingerprint density at radius 1 is 1.31 bits per heavy atom. The molecule has 2 aliphatic rings. The average molecular weight is 179 g/mol. The van der Waals surface area contributed by atoms with Crippen LogP contribution in [-0.4, -0.2) is 23.8 Å². The fourth-order valence-corrected chi connectivity index (χ4v) is 2.18. The predicted molar refractivity (Wildman–Crippen MR) is 52.3 cm³/mol.